The molecule has 0 bridgehead atoms. The smallest absolute Gasteiger partial charge is 0.195 e. The fourth-order valence-electron chi connectivity index (χ4n) is 2.94. The van der Waals surface area contributed by atoms with Gasteiger partial charge in [-0.3, -0.25) is 9.78 Å². The summed E-state index contributed by atoms with van der Waals surface area (Å²) in [6.45, 7) is 0. The van der Waals surface area contributed by atoms with E-state index in [0.717, 1.165) is 16.5 Å². The predicted octanol–water partition coefficient (Wildman–Crippen LogP) is 5.59. The molecule has 119 valence electrons. The van der Waals surface area contributed by atoms with Gasteiger partial charge in [-0.25, -0.2) is 0 Å². The Hall–Kier alpha value is -2.97. The number of rotatable bonds is 3. The number of carbonyl (C=O) groups excluding carboxylic acids is 1. The Labute approximate surface area is 150 Å². The van der Waals surface area contributed by atoms with Gasteiger partial charge in [0.05, 0.1) is 10.5 Å². The average Bonchev–Trinajstić information content (AvgIpc) is 2.68. The lowest BCUT2D eigenvalue weighted by Gasteiger charge is -2.13. The van der Waals surface area contributed by atoms with Crippen molar-refractivity contribution in [3.05, 3.63) is 101 Å². The van der Waals surface area contributed by atoms with Crippen LogP contribution in [0.25, 0.3) is 22.0 Å². The molecule has 3 heteroatoms. The number of carbonyl (C=O) groups is 1. The van der Waals surface area contributed by atoms with Crippen LogP contribution in [-0.4, -0.2) is 10.8 Å². The molecule has 0 N–H and O–H groups in total. The normalized spacial score (nSPS) is 10.8. The van der Waals surface area contributed by atoms with Gasteiger partial charge < -0.3 is 0 Å². The summed E-state index contributed by atoms with van der Waals surface area (Å²) in [6, 6.07) is 25.7. The molecular weight excluding hydrogens is 330 g/mol. The van der Waals surface area contributed by atoms with Crippen molar-refractivity contribution in [1.29, 1.82) is 0 Å². The molecule has 2 nitrogen and oxygen atoms in total. The topological polar surface area (TPSA) is 30.0 Å². The molecule has 0 aliphatic rings. The maximum absolute atomic E-state index is 13.1. The Morgan fingerprint density at radius 1 is 0.920 bits per heavy atom. The van der Waals surface area contributed by atoms with E-state index in [2.05, 4.69) is 11.1 Å². The highest BCUT2D eigenvalue weighted by molar-refractivity contribution is 6.35. The Bertz CT molecular complexity index is 1060. The predicted molar refractivity (Wildman–Crippen MR) is 101 cm³/mol. The van der Waals surface area contributed by atoms with E-state index in [1.807, 2.05) is 66.7 Å². The quantitative estimate of drug-likeness (QED) is 0.454. The molecule has 4 aromatic rings. The molecule has 0 fully saturated rings. The zero-order valence-electron chi connectivity index (χ0n) is 13.2. The number of hydrogen-bond donors (Lipinski definition) is 0. The Morgan fingerprint density at radius 2 is 1.72 bits per heavy atom. The fourth-order valence-corrected chi connectivity index (χ4v) is 3.17. The summed E-state index contributed by atoms with van der Waals surface area (Å²) >= 11 is 6.31. The molecule has 1 heterocycles. The van der Waals surface area contributed by atoms with Gasteiger partial charge >= 0.3 is 0 Å². The number of pyridine rings is 1. The summed E-state index contributed by atoms with van der Waals surface area (Å²) in [5.74, 6) is -0.0674. The molecular formula is C22H13ClNO. The SMILES string of the molecule is O=C(c1ccccc1)c1cnc2c(Cl)cccc2c1-c1[c]cccc1. The summed E-state index contributed by atoms with van der Waals surface area (Å²) in [4.78, 5) is 17.5. The highest BCUT2D eigenvalue weighted by atomic mass is 35.5. The van der Waals surface area contributed by atoms with Crippen molar-refractivity contribution in [3.8, 4) is 11.1 Å². The van der Waals surface area contributed by atoms with Gasteiger partial charge in [-0.2, -0.15) is 0 Å². The fraction of sp³-hybridized carbons (Fsp3) is 0. The molecule has 0 atom stereocenters. The first-order chi connectivity index (χ1) is 12.3. The lowest BCUT2D eigenvalue weighted by molar-refractivity contribution is 0.103. The largest absolute Gasteiger partial charge is 0.289 e. The van der Waals surface area contributed by atoms with Gasteiger partial charge in [-0.15, -0.1) is 0 Å². The van der Waals surface area contributed by atoms with Crippen LogP contribution in [0.3, 0.4) is 0 Å². The van der Waals surface area contributed by atoms with E-state index in [-0.39, 0.29) is 5.78 Å². The van der Waals surface area contributed by atoms with Gasteiger partial charge in [0.25, 0.3) is 0 Å². The number of hydrogen-bond acceptors (Lipinski definition) is 2. The average molecular weight is 343 g/mol. The standard InChI is InChI=1S/C22H13ClNO/c23-19-13-7-12-17-20(15-8-3-1-4-9-15)18(14-24-21(17)19)22(25)16-10-5-2-6-11-16/h1-8,10-14H. The van der Waals surface area contributed by atoms with E-state index in [1.54, 1.807) is 12.3 Å². The van der Waals surface area contributed by atoms with Crippen LogP contribution in [0.15, 0.2) is 79.0 Å². The van der Waals surface area contributed by atoms with Gasteiger partial charge in [-0.1, -0.05) is 78.3 Å². The first-order valence-corrected chi connectivity index (χ1v) is 8.27. The van der Waals surface area contributed by atoms with Crippen LogP contribution in [-0.2, 0) is 0 Å². The van der Waals surface area contributed by atoms with E-state index in [1.165, 1.54) is 0 Å². The number of para-hydroxylation sites is 1. The van der Waals surface area contributed by atoms with Crippen molar-refractivity contribution in [2.45, 2.75) is 0 Å². The molecule has 0 saturated heterocycles. The minimum Gasteiger partial charge on any atom is -0.289 e. The lowest BCUT2D eigenvalue weighted by atomic mass is 9.92. The van der Waals surface area contributed by atoms with Crippen LogP contribution >= 0.6 is 11.6 Å². The van der Waals surface area contributed by atoms with Crippen molar-refractivity contribution in [1.82, 2.24) is 4.98 Å². The third kappa shape index (κ3) is 2.81. The van der Waals surface area contributed by atoms with Crippen LogP contribution in [0.2, 0.25) is 5.02 Å². The van der Waals surface area contributed by atoms with Crippen molar-refractivity contribution in [2.24, 2.45) is 0 Å². The lowest BCUT2D eigenvalue weighted by Crippen LogP contribution is -2.05. The highest BCUT2D eigenvalue weighted by Crippen LogP contribution is 2.34. The van der Waals surface area contributed by atoms with E-state index in [9.17, 15) is 4.79 Å². The molecule has 0 amide bonds. The van der Waals surface area contributed by atoms with Crippen LogP contribution in [0.1, 0.15) is 15.9 Å². The number of aromatic nitrogens is 1. The second-order valence-corrected chi connectivity index (χ2v) is 6.06. The van der Waals surface area contributed by atoms with Crippen molar-refractivity contribution in [2.75, 3.05) is 0 Å². The van der Waals surface area contributed by atoms with Crippen LogP contribution in [0.4, 0.5) is 0 Å². The first-order valence-electron chi connectivity index (χ1n) is 7.90. The summed E-state index contributed by atoms with van der Waals surface area (Å²) in [5.41, 5.74) is 3.51. The summed E-state index contributed by atoms with van der Waals surface area (Å²) < 4.78 is 0. The second-order valence-electron chi connectivity index (χ2n) is 5.65. The van der Waals surface area contributed by atoms with Crippen molar-refractivity contribution >= 4 is 28.3 Å². The monoisotopic (exact) mass is 342 g/mol. The van der Waals surface area contributed by atoms with Gasteiger partial charge in [0.1, 0.15) is 0 Å². The molecule has 0 spiro atoms. The Balaban J connectivity index is 2.04. The number of fused-ring (bicyclic) bond motifs is 1. The Kier molecular flexibility index (Phi) is 4.04. The molecule has 4 rings (SSSR count). The third-order valence-corrected chi connectivity index (χ3v) is 4.41. The molecule has 25 heavy (non-hydrogen) atoms. The number of ketones is 1. The van der Waals surface area contributed by atoms with E-state index < -0.39 is 0 Å². The molecule has 1 aromatic heterocycles. The van der Waals surface area contributed by atoms with Crippen molar-refractivity contribution < 1.29 is 4.79 Å². The van der Waals surface area contributed by atoms with Crippen LogP contribution in [0.5, 0.6) is 0 Å². The van der Waals surface area contributed by atoms with E-state index in [0.29, 0.717) is 21.7 Å². The summed E-state index contributed by atoms with van der Waals surface area (Å²) in [6.07, 6.45) is 1.61. The molecule has 0 saturated carbocycles. The zero-order chi connectivity index (χ0) is 17.2. The zero-order valence-corrected chi connectivity index (χ0v) is 14.0. The van der Waals surface area contributed by atoms with Crippen LogP contribution in [0, 0.1) is 6.07 Å². The second kappa shape index (κ2) is 6.50. The number of halogens is 1. The molecule has 0 aliphatic heterocycles. The minimum absolute atomic E-state index is 0.0674. The minimum atomic E-state index is -0.0674. The summed E-state index contributed by atoms with van der Waals surface area (Å²) in [5, 5.41) is 1.41. The highest BCUT2D eigenvalue weighted by Gasteiger charge is 2.19. The Morgan fingerprint density at radius 3 is 2.48 bits per heavy atom. The van der Waals surface area contributed by atoms with Gasteiger partial charge in [0, 0.05) is 28.3 Å². The first kappa shape index (κ1) is 15.6. The van der Waals surface area contributed by atoms with Gasteiger partial charge in [0.15, 0.2) is 5.78 Å². The number of nitrogens with zero attached hydrogens (tertiary/aromatic N) is 1. The molecule has 1 radical (unpaired) electrons. The van der Waals surface area contributed by atoms with E-state index >= 15 is 0 Å². The summed E-state index contributed by atoms with van der Waals surface area (Å²) in [7, 11) is 0. The maximum atomic E-state index is 13.1. The van der Waals surface area contributed by atoms with Gasteiger partial charge in [-0.05, 0) is 17.7 Å². The number of benzene rings is 3. The van der Waals surface area contributed by atoms with Crippen LogP contribution < -0.4 is 0 Å². The molecule has 0 aliphatic carbocycles. The molecule has 0 unspecified atom stereocenters. The maximum Gasteiger partial charge on any atom is 0.195 e. The third-order valence-electron chi connectivity index (χ3n) is 4.11. The van der Waals surface area contributed by atoms with E-state index in [4.69, 9.17) is 11.6 Å². The van der Waals surface area contributed by atoms with Crippen molar-refractivity contribution in [3.63, 3.8) is 0 Å². The molecule has 3 aromatic carbocycles. The van der Waals surface area contributed by atoms with Gasteiger partial charge in [0.2, 0.25) is 0 Å².